The highest BCUT2D eigenvalue weighted by atomic mass is 32.2. The van der Waals surface area contributed by atoms with Gasteiger partial charge in [-0.25, -0.2) is 9.97 Å². The lowest BCUT2D eigenvalue weighted by atomic mass is 10.1. The first-order valence-electron chi connectivity index (χ1n) is 8.98. The SMILES string of the molecule is Nc1ncc(-c2cnn(CCCCS(=O)(=O)O)c2)cc1-c1nc2ccccc2o1. The van der Waals surface area contributed by atoms with Crippen LogP contribution in [0.25, 0.3) is 33.7 Å². The van der Waals surface area contributed by atoms with Crippen LogP contribution in [0.3, 0.4) is 0 Å². The van der Waals surface area contributed by atoms with E-state index < -0.39 is 10.1 Å². The number of hydrogen-bond donors (Lipinski definition) is 2. The van der Waals surface area contributed by atoms with Crippen LogP contribution >= 0.6 is 0 Å². The molecule has 0 atom stereocenters. The molecule has 0 aliphatic carbocycles. The largest absolute Gasteiger partial charge is 0.436 e. The Morgan fingerprint density at radius 2 is 1.97 bits per heavy atom. The molecule has 150 valence electrons. The number of aryl methyl sites for hydroxylation is 1. The van der Waals surface area contributed by atoms with Crippen LogP contribution in [0, 0.1) is 0 Å². The van der Waals surface area contributed by atoms with Gasteiger partial charge in [0.2, 0.25) is 5.89 Å². The van der Waals surface area contributed by atoms with Crippen LogP contribution in [-0.4, -0.2) is 38.5 Å². The molecule has 3 heterocycles. The van der Waals surface area contributed by atoms with Gasteiger partial charge in [0.05, 0.1) is 17.5 Å². The fourth-order valence-corrected chi connectivity index (χ4v) is 3.55. The summed E-state index contributed by atoms with van der Waals surface area (Å²) in [7, 11) is -3.93. The molecule has 9 nitrogen and oxygen atoms in total. The van der Waals surface area contributed by atoms with Crippen molar-refractivity contribution in [2.75, 3.05) is 11.5 Å². The number of rotatable bonds is 7. The molecule has 0 amide bonds. The minimum Gasteiger partial charge on any atom is -0.436 e. The Bertz CT molecular complexity index is 1230. The summed E-state index contributed by atoms with van der Waals surface area (Å²) in [6, 6.07) is 9.32. The number of fused-ring (bicyclic) bond motifs is 1. The molecule has 0 saturated heterocycles. The normalized spacial score (nSPS) is 11.9. The molecule has 3 N–H and O–H groups in total. The summed E-state index contributed by atoms with van der Waals surface area (Å²) >= 11 is 0. The first-order valence-corrected chi connectivity index (χ1v) is 10.6. The minimum atomic E-state index is -3.93. The molecule has 10 heteroatoms. The summed E-state index contributed by atoms with van der Waals surface area (Å²) in [5, 5.41) is 4.29. The maximum atomic E-state index is 10.8. The van der Waals surface area contributed by atoms with E-state index in [0.717, 1.165) is 16.6 Å². The van der Waals surface area contributed by atoms with E-state index >= 15 is 0 Å². The lowest BCUT2D eigenvalue weighted by Crippen LogP contribution is -2.06. The Morgan fingerprint density at radius 3 is 2.76 bits per heavy atom. The lowest BCUT2D eigenvalue weighted by molar-refractivity contribution is 0.476. The van der Waals surface area contributed by atoms with Crippen molar-refractivity contribution in [3.8, 4) is 22.6 Å². The molecule has 0 radical (unpaired) electrons. The summed E-state index contributed by atoms with van der Waals surface area (Å²) in [6.07, 6.45) is 6.14. The average Bonchev–Trinajstić information content (AvgIpc) is 3.32. The second-order valence-corrected chi connectivity index (χ2v) is 8.20. The van der Waals surface area contributed by atoms with Crippen LogP contribution in [0.1, 0.15) is 12.8 Å². The fraction of sp³-hybridized carbons (Fsp3) is 0.211. The monoisotopic (exact) mass is 413 g/mol. The van der Waals surface area contributed by atoms with Gasteiger partial charge in [0, 0.05) is 30.1 Å². The molecule has 0 fully saturated rings. The van der Waals surface area contributed by atoms with E-state index in [9.17, 15) is 8.42 Å². The Kier molecular flexibility index (Phi) is 5.03. The Balaban J connectivity index is 1.54. The average molecular weight is 413 g/mol. The third-order valence-corrected chi connectivity index (χ3v) is 5.25. The van der Waals surface area contributed by atoms with Crippen molar-refractivity contribution >= 4 is 27.0 Å². The predicted molar refractivity (Wildman–Crippen MR) is 109 cm³/mol. The van der Waals surface area contributed by atoms with Crippen LogP contribution in [0.2, 0.25) is 0 Å². The van der Waals surface area contributed by atoms with E-state index in [1.165, 1.54) is 0 Å². The lowest BCUT2D eigenvalue weighted by Gasteiger charge is -2.04. The number of unbranched alkanes of at least 4 members (excludes halogenated alkanes) is 1. The highest BCUT2D eigenvalue weighted by Gasteiger charge is 2.14. The van der Waals surface area contributed by atoms with E-state index in [4.69, 9.17) is 14.7 Å². The van der Waals surface area contributed by atoms with Crippen LogP contribution in [-0.2, 0) is 16.7 Å². The number of nitrogen functional groups attached to an aromatic ring is 1. The number of nitrogens with two attached hydrogens (primary N) is 1. The third kappa shape index (κ3) is 4.44. The number of hydrogen-bond acceptors (Lipinski definition) is 7. The van der Waals surface area contributed by atoms with Gasteiger partial charge in [0.15, 0.2) is 5.58 Å². The van der Waals surface area contributed by atoms with Crippen molar-refractivity contribution in [3.63, 3.8) is 0 Å². The van der Waals surface area contributed by atoms with E-state index in [0.29, 0.717) is 42.2 Å². The van der Waals surface area contributed by atoms with E-state index in [2.05, 4.69) is 15.1 Å². The van der Waals surface area contributed by atoms with Gasteiger partial charge in [-0.3, -0.25) is 9.23 Å². The molecular weight excluding hydrogens is 394 g/mol. The Morgan fingerprint density at radius 1 is 1.14 bits per heavy atom. The molecule has 0 spiro atoms. The molecule has 4 rings (SSSR count). The summed E-state index contributed by atoms with van der Waals surface area (Å²) < 4.78 is 37.8. The summed E-state index contributed by atoms with van der Waals surface area (Å²) in [5.41, 5.74) is 9.69. The highest BCUT2D eigenvalue weighted by Crippen LogP contribution is 2.31. The second kappa shape index (κ2) is 7.64. The van der Waals surface area contributed by atoms with E-state index in [-0.39, 0.29) is 5.75 Å². The Hall–Kier alpha value is -3.24. The molecular formula is C19H19N5O4S. The maximum Gasteiger partial charge on any atom is 0.264 e. The van der Waals surface area contributed by atoms with Crippen molar-refractivity contribution < 1.29 is 17.4 Å². The van der Waals surface area contributed by atoms with Gasteiger partial charge in [-0.2, -0.15) is 13.5 Å². The van der Waals surface area contributed by atoms with Crippen molar-refractivity contribution in [3.05, 3.63) is 48.9 Å². The van der Waals surface area contributed by atoms with Gasteiger partial charge in [-0.05, 0) is 31.0 Å². The van der Waals surface area contributed by atoms with Crippen LogP contribution < -0.4 is 5.73 Å². The molecule has 0 saturated carbocycles. The summed E-state index contributed by atoms with van der Waals surface area (Å²) in [4.78, 5) is 8.74. The Labute approximate surface area is 166 Å². The van der Waals surface area contributed by atoms with Crippen molar-refractivity contribution in [2.45, 2.75) is 19.4 Å². The van der Waals surface area contributed by atoms with Gasteiger partial charge in [-0.15, -0.1) is 0 Å². The van der Waals surface area contributed by atoms with Crippen LogP contribution in [0.5, 0.6) is 0 Å². The molecule has 0 aliphatic rings. The van der Waals surface area contributed by atoms with Crippen molar-refractivity contribution in [1.82, 2.24) is 19.7 Å². The highest BCUT2D eigenvalue weighted by molar-refractivity contribution is 7.85. The zero-order valence-electron chi connectivity index (χ0n) is 15.4. The van der Waals surface area contributed by atoms with Gasteiger partial charge >= 0.3 is 0 Å². The number of para-hydroxylation sites is 2. The second-order valence-electron chi connectivity index (χ2n) is 6.63. The first kappa shape index (κ1) is 19.1. The van der Waals surface area contributed by atoms with E-state index in [1.807, 2.05) is 36.5 Å². The zero-order chi connectivity index (χ0) is 20.4. The predicted octanol–water partition coefficient (Wildman–Crippen LogP) is 3.00. The first-order chi connectivity index (χ1) is 13.9. The number of pyridine rings is 1. The molecule has 0 bridgehead atoms. The van der Waals surface area contributed by atoms with Crippen LogP contribution in [0.4, 0.5) is 5.82 Å². The number of benzene rings is 1. The molecule has 4 aromatic rings. The smallest absolute Gasteiger partial charge is 0.264 e. The van der Waals surface area contributed by atoms with Crippen LogP contribution in [0.15, 0.2) is 53.3 Å². The fourth-order valence-electron chi connectivity index (χ4n) is 2.99. The molecule has 1 aromatic carbocycles. The third-order valence-electron chi connectivity index (χ3n) is 4.45. The molecule has 0 aliphatic heterocycles. The van der Waals surface area contributed by atoms with Gasteiger partial charge in [0.1, 0.15) is 11.3 Å². The molecule has 29 heavy (non-hydrogen) atoms. The van der Waals surface area contributed by atoms with E-state index in [1.54, 1.807) is 17.1 Å². The standard InChI is InChI=1S/C19H19N5O4S/c20-18-15(19-23-16-5-1-2-6-17(16)28-19)9-13(10-21-18)14-11-22-24(12-14)7-3-4-8-29(25,26)27/h1-2,5-6,9-12H,3-4,7-8H2,(H2,20,21)(H,25,26,27). The quantitative estimate of drug-likeness (QED) is 0.348. The number of aromatic nitrogens is 4. The van der Waals surface area contributed by atoms with Gasteiger partial charge in [0.25, 0.3) is 10.1 Å². The van der Waals surface area contributed by atoms with Crippen molar-refractivity contribution in [1.29, 1.82) is 0 Å². The molecule has 0 unspecified atom stereocenters. The number of oxazole rings is 1. The van der Waals surface area contributed by atoms with Crippen molar-refractivity contribution in [2.24, 2.45) is 0 Å². The van der Waals surface area contributed by atoms with Gasteiger partial charge < -0.3 is 10.2 Å². The minimum absolute atomic E-state index is 0.253. The molecule has 3 aromatic heterocycles. The zero-order valence-corrected chi connectivity index (χ0v) is 16.2. The number of anilines is 1. The summed E-state index contributed by atoms with van der Waals surface area (Å²) in [5.74, 6) is 0.463. The topological polar surface area (TPSA) is 137 Å². The number of nitrogens with zero attached hydrogens (tertiary/aromatic N) is 4. The van der Waals surface area contributed by atoms with Gasteiger partial charge in [-0.1, -0.05) is 12.1 Å². The summed E-state index contributed by atoms with van der Waals surface area (Å²) in [6.45, 7) is 0.538. The maximum absolute atomic E-state index is 10.8.